The van der Waals surface area contributed by atoms with Crippen LogP contribution < -0.4 is 15.8 Å². The highest BCUT2D eigenvalue weighted by molar-refractivity contribution is 7.90. The molecular formula is C13H24N4O3S. The SMILES string of the molecule is CCCCC(CCS(C)(=O)=O)Nc1nc(N)ncc1OC. The third kappa shape index (κ3) is 6.61. The maximum Gasteiger partial charge on any atom is 0.222 e. The number of nitrogens with one attached hydrogen (secondary N) is 1. The molecule has 0 aromatic carbocycles. The predicted molar refractivity (Wildman–Crippen MR) is 84.3 cm³/mol. The van der Waals surface area contributed by atoms with Crippen LogP contribution in [0.3, 0.4) is 0 Å². The Morgan fingerprint density at radius 1 is 1.43 bits per heavy atom. The van der Waals surface area contributed by atoms with Gasteiger partial charge in [-0.05, 0) is 12.8 Å². The highest BCUT2D eigenvalue weighted by Gasteiger charge is 2.15. The number of sulfone groups is 1. The number of anilines is 2. The third-order valence-corrected chi connectivity index (χ3v) is 4.06. The number of nitrogens with zero attached hydrogens (tertiary/aromatic N) is 2. The van der Waals surface area contributed by atoms with E-state index in [1.807, 2.05) is 0 Å². The topological polar surface area (TPSA) is 107 Å². The van der Waals surface area contributed by atoms with Gasteiger partial charge in [-0.1, -0.05) is 19.8 Å². The predicted octanol–water partition coefficient (Wildman–Crippen LogP) is 1.47. The molecule has 0 saturated heterocycles. The van der Waals surface area contributed by atoms with E-state index in [1.165, 1.54) is 19.6 Å². The molecule has 1 unspecified atom stereocenters. The monoisotopic (exact) mass is 316 g/mol. The van der Waals surface area contributed by atoms with Gasteiger partial charge < -0.3 is 15.8 Å². The van der Waals surface area contributed by atoms with Crippen LogP contribution in [-0.2, 0) is 9.84 Å². The van der Waals surface area contributed by atoms with Crippen LogP contribution in [0.25, 0.3) is 0 Å². The van der Waals surface area contributed by atoms with Crippen molar-refractivity contribution in [3.63, 3.8) is 0 Å². The van der Waals surface area contributed by atoms with Crippen LogP contribution in [-0.4, -0.2) is 43.5 Å². The number of unbranched alkanes of at least 4 members (excludes halogenated alkanes) is 1. The van der Waals surface area contributed by atoms with E-state index in [0.29, 0.717) is 18.0 Å². The Morgan fingerprint density at radius 3 is 2.71 bits per heavy atom. The van der Waals surface area contributed by atoms with Gasteiger partial charge in [-0.25, -0.2) is 13.4 Å². The second-order valence-electron chi connectivity index (χ2n) is 5.05. The van der Waals surface area contributed by atoms with E-state index in [0.717, 1.165) is 19.3 Å². The Bertz CT molecular complexity index is 548. The molecule has 0 radical (unpaired) electrons. The van der Waals surface area contributed by atoms with Gasteiger partial charge in [0.1, 0.15) is 9.84 Å². The van der Waals surface area contributed by atoms with E-state index in [9.17, 15) is 8.42 Å². The van der Waals surface area contributed by atoms with Gasteiger partial charge in [0.15, 0.2) is 11.6 Å². The minimum Gasteiger partial charge on any atom is -0.491 e. The zero-order chi connectivity index (χ0) is 15.9. The molecule has 1 heterocycles. The molecule has 0 bridgehead atoms. The molecule has 7 nitrogen and oxygen atoms in total. The van der Waals surface area contributed by atoms with Crippen molar-refractivity contribution in [1.82, 2.24) is 9.97 Å². The summed E-state index contributed by atoms with van der Waals surface area (Å²) in [5.41, 5.74) is 5.59. The molecule has 0 amide bonds. The maximum absolute atomic E-state index is 11.3. The van der Waals surface area contributed by atoms with Crippen molar-refractivity contribution in [3.8, 4) is 5.75 Å². The molecule has 0 aliphatic carbocycles. The molecule has 1 rings (SSSR count). The average Bonchev–Trinajstić information content (AvgIpc) is 2.41. The minimum atomic E-state index is -2.99. The van der Waals surface area contributed by atoms with Gasteiger partial charge in [0.25, 0.3) is 0 Å². The molecule has 8 heteroatoms. The van der Waals surface area contributed by atoms with E-state index < -0.39 is 9.84 Å². The first-order chi connectivity index (χ1) is 9.85. The molecule has 1 aromatic heterocycles. The van der Waals surface area contributed by atoms with Crippen molar-refractivity contribution in [2.75, 3.05) is 30.2 Å². The Morgan fingerprint density at radius 2 is 2.14 bits per heavy atom. The summed E-state index contributed by atoms with van der Waals surface area (Å²) in [4.78, 5) is 7.99. The number of hydrogen-bond acceptors (Lipinski definition) is 7. The molecule has 1 atom stereocenters. The largest absolute Gasteiger partial charge is 0.491 e. The van der Waals surface area contributed by atoms with Gasteiger partial charge in [0.2, 0.25) is 5.95 Å². The van der Waals surface area contributed by atoms with E-state index in [-0.39, 0.29) is 17.7 Å². The lowest BCUT2D eigenvalue weighted by Gasteiger charge is -2.20. The van der Waals surface area contributed by atoms with Gasteiger partial charge in [0, 0.05) is 12.3 Å². The van der Waals surface area contributed by atoms with Crippen LogP contribution >= 0.6 is 0 Å². The fourth-order valence-electron chi connectivity index (χ4n) is 1.93. The molecule has 0 aliphatic rings. The number of hydrogen-bond donors (Lipinski definition) is 2. The van der Waals surface area contributed by atoms with Gasteiger partial charge >= 0.3 is 0 Å². The number of methoxy groups -OCH3 is 1. The van der Waals surface area contributed by atoms with E-state index >= 15 is 0 Å². The van der Waals surface area contributed by atoms with E-state index in [2.05, 4.69) is 22.2 Å². The highest BCUT2D eigenvalue weighted by Crippen LogP contribution is 2.23. The normalized spacial score (nSPS) is 12.9. The fourth-order valence-corrected chi connectivity index (χ4v) is 2.64. The van der Waals surface area contributed by atoms with Gasteiger partial charge in [-0.15, -0.1) is 0 Å². The Hall–Kier alpha value is -1.57. The standard InChI is InChI=1S/C13H24N4O3S/c1-4-5-6-10(7-8-21(3,18)19)16-12-11(20-2)9-15-13(14)17-12/h9-10H,4-8H2,1-3H3,(H3,14,15,16,17). The van der Waals surface area contributed by atoms with Crippen molar-refractivity contribution in [2.24, 2.45) is 0 Å². The first-order valence-corrected chi connectivity index (χ1v) is 9.02. The molecule has 0 spiro atoms. The molecular weight excluding hydrogens is 292 g/mol. The smallest absolute Gasteiger partial charge is 0.222 e. The number of ether oxygens (including phenoxy) is 1. The summed E-state index contributed by atoms with van der Waals surface area (Å²) < 4.78 is 27.9. The van der Waals surface area contributed by atoms with Gasteiger partial charge in [0.05, 0.1) is 19.1 Å². The molecule has 0 saturated carbocycles. The lowest BCUT2D eigenvalue weighted by Crippen LogP contribution is -2.24. The summed E-state index contributed by atoms with van der Waals surface area (Å²) in [6.45, 7) is 2.09. The Labute approximate surface area is 126 Å². The second-order valence-corrected chi connectivity index (χ2v) is 7.31. The van der Waals surface area contributed by atoms with Crippen molar-refractivity contribution in [2.45, 2.75) is 38.6 Å². The summed E-state index contributed by atoms with van der Waals surface area (Å²) in [6.07, 6.45) is 6.17. The third-order valence-electron chi connectivity index (χ3n) is 3.08. The molecule has 21 heavy (non-hydrogen) atoms. The Balaban J connectivity index is 2.82. The van der Waals surface area contributed by atoms with Crippen LogP contribution in [0, 0.1) is 0 Å². The van der Waals surface area contributed by atoms with Gasteiger partial charge in [-0.2, -0.15) is 4.98 Å². The zero-order valence-corrected chi connectivity index (χ0v) is 13.6. The minimum absolute atomic E-state index is 0.00266. The molecule has 1 aromatic rings. The number of rotatable bonds is 9. The molecule has 0 aliphatic heterocycles. The van der Waals surface area contributed by atoms with Crippen LogP contribution in [0.5, 0.6) is 5.75 Å². The van der Waals surface area contributed by atoms with E-state index in [4.69, 9.17) is 10.5 Å². The maximum atomic E-state index is 11.3. The summed E-state index contributed by atoms with van der Waals surface area (Å²) in [5.74, 6) is 1.28. The van der Waals surface area contributed by atoms with Crippen LogP contribution in [0.2, 0.25) is 0 Å². The Kier molecular flexibility index (Phi) is 6.67. The van der Waals surface area contributed by atoms with Crippen molar-refractivity contribution in [3.05, 3.63) is 6.20 Å². The number of nitrogen functional groups attached to an aromatic ring is 1. The average molecular weight is 316 g/mol. The summed E-state index contributed by atoms with van der Waals surface area (Å²) in [5, 5.41) is 3.23. The van der Waals surface area contributed by atoms with Crippen LogP contribution in [0.15, 0.2) is 6.20 Å². The summed E-state index contributed by atoms with van der Waals surface area (Å²) in [7, 11) is -1.46. The van der Waals surface area contributed by atoms with Crippen LogP contribution in [0.4, 0.5) is 11.8 Å². The lowest BCUT2D eigenvalue weighted by atomic mass is 10.1. The lowest BCUT2D eigenvalue weighted by molar-refractivity contribution is 0.411. The highest BCUT2D eigenvalue weighted by atomic mass is 32.2. The fraction of sp³-hybridized carbons (Fsp3) is 0.692. The number of nitrogens with two attached hydrogens (primary N) is 1. The molecule has 0 fully saturated rings. The van der Waals surface area contributed by atoms with Crippen LogP contribution in [0.1, 0.15) is 32.6 Å². The second kappa shape index (κ2) is 8.02. The molecule has 3 N–H and O–H groups in total. The van der Waals surface area contributed by atoms with E-state index in [1.54, 1.807) is 0 Å². The summed E-state index contributed by atoms with van der Waals surface area (Å²) in [6, 6.07) is 0.00266. The first kappa shape index (κ1) is 17.5. The number of aromatic nitrogens is 2. The zero-order valence-electron chi connectivity index (χ0n) is 12.8. The van der Waals surface area contributed by atoms with Gasteiger partial charge in [-0.3, -0.25) is 0 Å². The quantitative estimate of drug-likeness (QED) is 0.710. The van der Waals surface area contributed by atoms with Crippen molar-refractivity contribution >= 4 is 21.6 Å². The van der Waals surface area contributed by atoms with Crippen molar-refractivity contribution < 1.29 is 13.2 Å². The van der Waals surface area contributed by atoms with Crippen molar-refractivity contribution in [1.29, 1.82) is 0 Å². The summed E-state index contributed by atoms with van der Waals surface area (Å²) >= 11 is 0. The molecule has 120 valence electrons. The first-order valence-electron chi connectivity index (χ1n) is 6.96.